The number of fused-ring (bicyclic) bond motifs is 1. The number of hydrogen-bond donors (Lipinski definition) is 0. The van der Waals surface area contributed by atoms with Gasteiger partial charge in [-0.2, -0.15) is 13.2 Å². The van der Waals surface area contributed by atoms with Crippen molar-refractivity contribution in [2.24, 2.45) is 0 Å². The molecule has 0 fully saturated rings. The molecule has 0 amide bonds. The zero-order valence-corrected chi connectivity index (χ0v) is 10.4. The number of thioether (sulfide) groups is 1. The van der Waals surface area contributed by atoms with E-state index in [0.29, 0.717) is 9.86 Å². The molecule has 17 heavy (non-hydrogen) atoms. The van der Waals surface area contributed by atoms with Crippen LogP contribution in [0, 0.1) is 0 Å². The first kappa shape index (κ1) is 12.5. The fourth-order valence-electron chi connectivity index (χ4n) is 1.27. The average molecular weight is 325 g/mol. The molecule has 2 aromatic rings. The maximum absolute atomic E-state index is 12.2. The Balaban J connectivity index is 2.58. The molecule has 0 saturated carbocycles. The topological polar surface area (TPSA) is 30.2 Å². The molecule has 0 saturated heterocycles. The van der Waals surface area contributed by atoms with Crippen molar-refractivity contribution in [2.45, 2.75) is 10.4 Å². The van der Waals surface area contributed by atoms with Crippen LogP contribution >= 0.6 is 27.7 Å². The summed E-state index contributed by atoms with van der Waals surface area (Å²) in [4.78, 5) is 10.8. The molecular weight excluding hydrogens is 321 g/mol. The monoisotopic (exact) mass is 324 g/mol. The molecule has 0 aliphatic heterocycles. The number of rotatable bonds is 1. The van der Waals surface area contributed by atoms with Gasteiger partial charge in [0.1, 0.15) is 10.5 Å². The molecule has 0 aliphatic rings. The first-order chi connectivity index (χ1) is 7.85. The molecule has 0 radical (unpaired) electrons. The van der Waals surface area contributed by atoms with Crippen molar-refractivity contribution < 1.29 is 17.6 Å². The van der Waals surface area contributed by atoms with Gasteiger partial charge in [0.2, 0.25) is 0 Å². The molecule has 0 aliphatic carbocycles. The van der Waals surface area contributed by atoms with Gasteiger partial charge in [0.25, 0.3) is 0 Å². The fourth-order valence-corrected chi connectivity index (χ4v) is 2.21. The second-order valence-electron chi connectivity index (χ2n) is 3.13. The van der Waals surface area contributed by atoms with Crippen LogP contribution in [-0.4, -0.2) is 5.51 Å². The van der Waals surface area contributed by atoms with E-state index >= 15 is 0 Å². The molecule has 0 unspecified atom stereocenters. The van der Waals surface area contributed by atoms with E-state index in [2.05, 4.69) is 15.9 Å². The van der Waals surface area contributed by atoms with Crippen molar-refractivity contribution in [1.82, 2.24) is 0 Å². The lowest BCUT2D eigenvalue weighted by atomic mass is 10.2. The molecule has 1 heterocycles. The zero-order valence-electron chi connectivity index (χ0n) is 8.05. The van der Waals surface area contributed by atoms with Crippen LogP contribution in [0.4, 0.5) is 13.2 Å². The van der Waals surface area contributed by atoms with Crippen LogP contribution in [0.3, 0.4) is 0 Å². The third-order valence-corrected chi connectivity index (χ3v) is 3.12. The maximum Gasteiger partial charge on any atom is 0.446 e. The fraction of sp³-hybridized carbons (Fsp3) is 0.100. The Morgan fingerprint density at radius 2 is 1.94 bits per heavy atom. The Labute approximate surface area is 106 Å². The highest BCUT2D eigenvalue weighted by Crippen LogP contribution is 2.36. The van der Waals surface area contributed by atoms with Crippen molar-refractivity contribution in [3.63, 3.8) is 0 Å². The lowest BCUT2D eigenvalue weighted by Crippen LogP contribution is -2.07. The molecule has 2 nitrogen and oxygen atoms in total. The van der Waals surface area contributed by atoms with E-state index in [4.69, 9.17) is 4.42 Å². The van der Waals surface area contributed by atoms with Crippen LogP contribution < -0.4 is 5.63 Å². The largest absolute Gasteiger partial charge is 0.446 e. The second-order valence-corrected chi connectivity index (χ2v) is 5.15. The highest BCUT2D eigenvalue weighted by molar-refractivity contribution is 9.10. The van der Waals surface area contributed by atoms with Crippen LogP contribution in [0.25, 0.3) is 11.0 Å². The van der Waals surface area contributed by atoms with Gasteiger partial charge in [-0.05, 0) is 36.0 Å². The first-order valence-electron chi connectivity index (χ1n) is 4.34. The molecule has 1 aromatic carbocycles. The maximum atomic E-state index is 12.2. The molecule has 0 N–H and O–H groups in total. The SMILES string of the molecule is O=c1oc2ccc(Br)cc2cc1SC(F)(F)F. The van der Waals surface area contributed by atoms with Gasteiger partial charge in [0.05, 0.1) is 0 Å². The summed E-state index contributed by atoms with van der Waals surface area (Å²) in [5, 5.41) is 0.436. The van der Waals surface area contributed by atoms with Gasteiger partial charge in [-0.15, -0.1) is 0 Å². The summed E-state index contributed by atoms with van der Waals surface area (Å²) in [6.45, 7) is 0. The first-order valence-corrected chi connectivity index (χ1v) is 5.95. The van der Waals surface area contributed by atoms with Crippen molar-refractivity contribution in [2.75, 3.05) is 0 Å². The highest BCUT2D eigenvalue weighted by atomic mass is 79.9. The van der Waals surface area contributed by atoms with E-state index in [1.54, 1.807) is 12.1 Å². The highest BCUT2D eigenvalue weighted by Gasteiger charge is 2.31. The normalized spacial score (nSPS) is 12.0. The summed E-state index contributed by atoms with van der Waals surface area (Å²) in [5.41, 5.74) is -5.24. The molecule has 7 heteroatoms. The van der Waals surface area contributed by atoms with Gasteiger partial charge >= 0.3 is 11.1 Å². The van der Waals surface area contributed by atoms with Gasteiger partial charge in [-0.25, -0.2) is 4.79 Å². The summed E-state index contributed by atoms with van der Waals surface area (Å²) >= 11 is 2.71. The smallest absolute Gasteiger partial charge is 0.422 e. The minimum atomic E-state index is -4.51. The van der Waals surface area contributed by atoms with E-state index in [1.807, 2.05) is 0 Å². The average Bonchev–Trinajstić information content (AvgIpc) is 2.17. The molecule has 2 rings (SSSR count). The Hall–Kier alpha value is -0.950. The van der Waals surface area contributed by atoms with E-state index in [-0.39, 0.29) is 5.58 Å². The summed E-state index contributed by atoms with van der Waals surface area (Å²) < 4.78 is 42.0. The summed E-state index contributed by atoms with van der Waals surface area (Å²) in [6.07, 6.45) is 0. The Morgan fingerprint density at radius 1 is 1.24 bits per heavy atom. The minimum Gasteiger partial charge on any atom is -0.422 e. The van der Waals surface area contributed by atoms with E-state index in [9.17, 15) is 18.0 Å². The quantitative estimate of drug-likeness (QED) is 0.582. The van der Waals surface area contributed by atoms with Crippen molar-refractivity contribution in [3.05, 3.63) is 39.2 Å². The molecule has 90 valence electrons. The van der Waals surface area contributed by atoms with Crippen LogP contribution in [-0.2, 0) is 0 Å². The number of benzene rings is 1. The Bertz CT molecular complexity index is 621. The number of hydrogen-bond acceptors (Lipinski definition) is 3. The van der Waals surface area contributed by atoms with Crippen LogP contribution in [0.15, 0.2) is 42.8 Å². The molecular formula is C10H4BrF3O2S. The lowest BCUT2D eigenvalue weighted by Gasteiger charge is -2.05. The summed E-state index contributed by atoms with van der Waals surface area (Å²) in [7, 11) is 0. The van der Waals surface area contributed by atoms with Gasteiger partial charge in [0.15, 0.2) is 0 Å². The van der Waals surface area contributed by atoms with Crippen LogP contribution in [0.5, 0.6) is 0 Å². The van der Waals surface area contributed by atoms with Crippen molar-refractivity contribution >= 4 is 38.7 Å². The van der Waals surface area contributed by atoms with Crippen molar-refractivity contribution in [1.29, 1.82) is 0 Å². The lowest BCUT2D eigenvalue weighted by molar-refractivity contribution is -0.0329. The second kappa shape index (κ2) is 4.38. The standard InChI is InChI=1S/C10H4BrF3O2S/c11-6-1-2-7-5(3-6)4-8(9(15)16-7)17-10(12,13)14/h1-4H. The minimum absolute atomic E-state index is 0.254. The zero-order chi connectivity index (χ0) is 12.6. The third kappa shape index (κ3) is 3.04. The number of halogens is 4. The molecule has 1 aromatic heterocycles. The van der Waals surface area contributed by atoms with Crippen LogP contribution in [0.2, 0.25) is 0 Å². The Morgan fingerprint density at radius 3 is 2.59 bits per heavy atom. The predicted molar refractivity (Wildman–Crippen MR) is 62.1 cm³/mol. The van der Waals surface area contributed by atoms with E-state index in [1.165, 1.54) is 12.1 Å². The number of alkyl halides is 3. The van der Waals surface area contributed by atoms with Crippen molar-refractivity contribution in [3.8, 4) is 0 Å². The predicted octanol–water partition coefficient (Wildman–Crippen LogP) is 4.17. The van der Waals surface area contributed by atoms with Gasteiger partial charge in [0, 0.05) is 9.86 Å². The Kier molecular flexibility index (Phi) is 3.22. The molecule has 0 bridgehead atoms. The van der Waals surface area contributed by atoms with Crippen LogP contribution in [0.1, 0.15) is 0 Å². The van der Waals surface area contributed by atoms with E-state index < -0.39 is 27.8 Å². The third-order valence-electron chi connectivity index (χ3n) is 1.89. The molecule has 0 atom stereocenters. The summed E-state index contributed by atoms with van der Waals surface area (Å²) in [5.74, 6) is 0. The summed E-state index contributed by atoms with van der Waals surface area (Å²) in [6, 6.07) is 5.91. The molecule has 0 spiro atoms. The van der Waals surface area contributed by atoms with Gasteiger partial charge in [-0.1, -0.05) is 15.9 Å². The van der Waals surface area contributed by atoms with Gasteiger partial charge < -0.3 is 4.42 Å². The van der Waals surface area contributed by atoms with Gasteiger partial charge in [-0.3, -0.25) is 0 Å². The van der Waals surface area contributed by atoms with E-state index in [0.717, 1.165) is 0 Å².